The van der Waals surface area contributed by atoms with Gasteiger partial charge >= 0.3 is 0 Å². The van der Waals surface area contributed by atoms with E-state index in [0.29, 0.717) is 45.4 Å². The lowest BCUT2D eigenvalue weighted by Gasteiger charge is -2.12. The fourth-order valence-electron chi connectivity index (χ4n) is 6.18. The van der Waals surface area contributed by atoms with Crippen LogP contribution in [0.5, 0.6) is 0 Å². The molecule has 0 saturated carbocycles. The number of aromatic nitrogens is 2. The van der Waals surface area contributed by atoms with E-state index in [2.05, 4.69) is 0 Å². The van der Waals surface area contributed by atoms with Crippen LogP contribution in [0.15, 0.2) is 67.7 Å². The van der Waals surface area contributed by atoms with Gasteiger partial charge in [-0.1, -0.05) is 38.8 Å². The number of hydrogen-bond acceptors (Lipinski definition) is 5. The highest BCUT2D eigenvalue weighted by molar-refractivity contribution is 7.24. The van der Waals surface area contributed by atoms with Crippen molar-refractivity contribution in [3.05, 3.63) is 89.9 Å². The molecule has 6 nitrogen and oxygen atoms in total. The molecule has 0 spiro atoms. The Hall–Kier alpha value is -4.10. The Morgan fingerprint density at radius 2 is 0.821 bits per heavy atom. The van der Waals surface area contributed by atoms with Crippen LogP contribution in [0, 0.1) is 0 Å². The van der Waals surface area contributed by atoms with Gasteiger partial charge in [0.25, 0.3) is 22.2 Å². The molecule has 0 unspecified atom stereocenters. The van der Waals surface area contributed by atoms with Crippen LogP contribution in [-0.4, -0.2) is 9.13 Å². The minimum atomic E-state index is -0.253. The summed E-state index contributed by atoms with van der Waals surface area (Å²) in [6.07, 6.45) is 3.30. The minimum absolute atomic E-state index is 0.253. The zero-order valence-corrected chi connectivity index (χ0v) is 22.6. The van der Waals surface area contributed by atoms with Gasteiger partial charge in [-0.05, 0) is 60.0 Å². The molecule has 0 atom stereocenters. The Balaban J connectivity index is 1.70. The molecule has 7 aromatic rings. The third kappa shape index (κ3) is 3.20. The van der Waals surface area contributed by atoms with Crippen molar-refractivity contribution >= 4 is 74.6 Å². The van der Waals surface area contributed by atoms with Gasteiger partial charge in [0.2, 0.25) is 0 Å². The highest BCUT2D eigenvalue weighted by Crippen LogP contribution is 2.42. The van der Waals surface area contributed by atoms with Crippen LogP contribution in [0.2, 0.25) is 0 Å². The molecule has 3 aromatic heterocycles. The van der Waals surface area contributed by atoms with Gasteiger partial charge in [-0.3, -0.25) is 28.3 Å². The maximum absolute atomic E-state index is 13.5. The van der Waals surface area contributed by atoms with Crippen molar-refractivity contribution in [2.45, 2.75) is 52.6 Å². The minimum Gasteiger partial charge on any atom is -0.274 e. The predicted molar refractivity (Wildman–Crippen MR) is 163 cm³/mol. The van der Waals surface area contributed by atoms with Crippen LogP contribution in [0.4, 0.5) is 0 Å². The predicted octanol–water partition coefficient (Wildman–Crippen LogP) is 6.19. The number of pyridine rings is 2. The number of nitrogens with zero attached hydrogens (tertiary/aromatic N) is 2. The maximum atomic E-state index is 13.5. The number of benzene rings is 4. The first-order valence-corrected chi connectivity index (χ1v) is 14.4. The number of fused-ring (bicyclic) bond motifs is 1. The van der Waals surface area contributed by atoms with Crippen molar-refractivity contribution in [2.75, 3.05) is 0 Å². The van der Waals surface area contributed by atoms with Gasteiger partial charge in [0.05, 0.1) is 0 Å². The quantitative estimate of drug-likeness (QED) is 0.255. The summed E-state index contributed by atoms with van der Waals surface area (Å²) < 4.78 is 4.63. The summed E-state index contributed by atoms with van der Waals surface area (Å²) in [5.74, 6) is 0. The molecule has 0 bridgehead atoms. The average Bonchev–Trinajstić information content (AvgIpc) is 3.09. The van der Waals surface area contributed by atoms with E-state index in [1.807, 2.05) is 62.4 Å². The van der Waals surface area contributed by atoms with E-state index < -0.39 is 0 Å². The average molecular weight is 535 g/mol. The van der Waals surface area contributed by atoms with Gasteiger partial charge in [-0.15, -0.1) is 11.3 Å². The third-order valence-electron chi connectivity index (χ3n) is 8.13. The summed E-state index contributed by atoms with van der Waals surface area (Å²) >= 11 is 1.55. The molecule has 0 amide bonds. The molecule has 7 heteroatoms. The topological polar surface area (TPSA) is 78.1 Å². The number of unbranched alkanes of at least 4 members (excludes halogenated alkanes) is 2. The van der Waals surface area contributed by atoms with Gasteiger partial charge in [0, 0.05) is 65.6 Å². The summed E-state index contributed by atoms with van der Waals surface area (Å²) in [6, 6.07) is 15.2. The summed E-state index contributed by atoms with van der Waals surface area (Å²) in [7, 11) is 0. The van der Waals surface area contributed by atoms with Crippen LogP contribution in [0.3, 0.4) is 0 Å². The van der Waals surface area contributed by atoms with E-state index in [0.717, 1.165) is 56.6 Å². The van der Waals surface area contributed by atoms with E-state index in [-0.39, 0.29) is 22.2 Å². The van der Waals surface area contributed by atoms with Gasteiger partial charge < -0.3 is 0 Å². The smallest absolute Gasteiger partial charge is 0.261 e. The Kier molecular flexibility index (Phi) is 5.36. The molecule has 3 heterocycles. The standard InChI is InChI=1S/C32H26N2O4S/c1-3-5-15-33-29(35)19-9-7-17-18-8-10-20-26-22(32(38)34(30(20)36)16-6-4-2)12-14-24(28(18)26)39-23-13-11-21(31(33)37)25(19)27(17)23/h7-14H,3-6,15-16H2,1-2H3. The third-order valence-corrected chi connectivity index (χ3v) is 9.25. The zero-order valence-electron chi connectivity index (χ0n) is 21.8. The highest BCUT2D eigenvalue weighted by atomic mass is 32.1. The highest BCUT2D eigenvalue weighted by Gasteiger charge is 2.21. The lowest BCUT2D eigenvalue weighted by molar-refractivity contribution is 0.604. The van der Waals surface area contributed by atoms with E-state index >= 15 is 0 Å². The number of rotatable bonds is 6. The van der Waals surface area contributed by atoms with Crippen LogP contribution in [0.25, 0.3) is 63.3 Å². The summed E-state index contributed by atoms with van der Waals surface area (Å²) in [4.78, 5) is 53.9. The van der Waals surface area contributed by atoms with Crippen molar-refractivity contribution in [1.82, 2.24) is 9.13 Å². The molecule has 0 fully saturated rings. The molecule has 7 rings (SSSR count). The van der Waals surface area contributed by atoms with Gasteiger partial charge in [-0.2, -0.15) is 0 Å². The van der Waals surface area contributed by atoms with Crippen molar-refractivity contribution in [1.29, 1.82) is 0 Å². The largest absolute Gasteiger partial charge is 0.274 e. The van der Waals surface area contributed by atoms with E-state index in [9.17, 15) is 19.2 Å². The lowest BCUT2D eigenvalue weighted by atomic mass is 9.94. The first-order chi connectivity index (χ1) is 19.0. The Morgan fingerprint density at radius 3 is 1.18 bits per heavy atom. The zero-order chi connectivity index (χ0) is 27.0. The lowest BCUT2D eigenvalue weighted by Crippen LogP contribution is -2.33. The molecular formula is C32H26N2O4S. The van der Waals surface area contributed by atoms with Crippen molar-refractivity contribution in [3.8, 4) is 0 Å². The molecule has 39 heavy (non-hydrogen) atoms. The van der Waals surface area contributed by atoms with Crippen LogP contribution < -0.4 is 22.2 Å². The Labute approximate surface area is 226 Å². The fraction of sp³-hybridized carbons (Fsp3) is 0.250. The molecule has 0 radical (unpaired) electrons. The van der Waals surface area contributed by atoms with Crippen molar-refractivity contribution in [3.63, 3.8) is 0 Å². The SMILES string of the molecule is CCCCn1c(=O)c2ccc3sc4ccc5c(=O)n(CCCC)c(=O)c6ccc(c7ccc(c1=O)c2c37)c4c56. The fourth-order valence-corrected chi connectivity index (χ4v) is 7.32. The van der Waals surface area contributed by atoms with E-state index in [4.69, 9.17) is 0 Å². The molecule has 0 N–H and O–H groups in total. The van der Waals surface area contributed by atoms with Gasteiger partial charge in [0.15, 0.2) is 0 Å². The van der Waals surface area contributed by atoms with E-state index in [1.54, 1.807) is 11.3 Å². The second-order valence-corrected chi connectivity index (χ2v) is 11.5. The second kappa shape index (κ2) is 8.71. The Morgan fingerprint density at radius 1 is 0.487 bits per heavy atom. The normalized spacial score (nSPS) is 12.4. The number of hydrogen-bond donors (Lipinski definition) is 0. The summed E-state index contributed by atoms with van der Waals surface area (Å²) in [6.45, 7) is 4.88. The summed E-state index contributed by atoms with van der Waals surface area (Å²) in [5, 5.41) is 7.09. The monoisotopic (exact) mass is 534 g/mol. The van der Waals surface area contributed by atoms with E-state index in [1.165, 1.54) is 9.13 Å². The molecule has 4 aromatic carbocycles. The molecule has 0 aliphatic rings. The second-order valence-electron chi connectivity index (χ2n) is 10.4. The first kappa shape index (κ1) is 24.0. The van der Waals surface area contributed by atoms with Gasteiger partial charge in [0.1, 0.15) is 0 Å². The summed E-state index contributed by atoms with van der Waals surface area (Å²) in [5.41, 5.74) is -1.01. The molecule has 194 valence electrons. The van der Waals surface area contributed by atoms with Crippen LogP contribution >= 0.6 is 11.3 Å². The molecule has 0 saturated heterocycles. The first-order valence-electron chi connectivity index (χ1n) is 13.6. The van der Waals surface area contributed by atoms with Crippen LogP contribution in [-0.2, 0) is 13.1 Å². The van der Waals surface area contributed by atoms with Crippen LogP contribution in [0.1, 0.15) is 39.5 Å². The maximum Gasteiger partial charge on any atom is 0.261 e. The molecular weight excluding hydrogens is 508 g/mol. The van der Waals surface area contributed by atoms with Crippen molar-refractivity contribution in [2.24, 2.45) is 0 Å². The van der Waals surface area contributed by atoms with Gasteiger partial charge in [-0.25, -0.2) is 0 Å². The molecule has 0 aliphatic heterocycles. The van der Waals surface area contributed by atoms with Crippen molar-refractivity contribution < 1.29 is 0 Å². The Bertz CT molecular complexity index is 2120. The molecule has 0 aliphatic carbocycles.